The Morgan fingerprint density at radius 2 is 1.78 bits per heavy atom. The van der Waals surface area contributed by atoms with Crippen LogP contribution in [0.15, 0.2) is 72.9 Å². The first-order valence-corrected chi connectivity index (χ1v) is 11.6. The molecule has 0 bridgehead atoms. The Bertz CT molecular complexity index is 1160. The number of carbonyl (C=O) groups excluding carboxylic acids is 1. The number of nitrogens with zero attached hydrogens (tertiary/aromatic N) is 2. The number of halogens is 3. The summed E-state index contributed by atoms with van der Waals surface area (Å²) in [6.07, 6.45) is -3.89. The second kappa shape index (κ2) is 11.1. The summed E-state index contributed by atoms with van der Waals surface area (Å²) in [4.78, 5) is 19.3. The molecule has 0 spiro atoms. The van der Waals surface area contributed by atoms with E-state index in [2.05, 4.69) is 10.3 Å². The summed E-state index contributed by atoms with van der Waals surface area (Å²) in [6.45, 7) is 0.573. The van der Waals surface area contributed by atoms with E-state index < -0.39 is 17.8 Å². The van der Waals surface area contributed by atoms with Gasteiger partial charge in [-0.25, -0.2) is 4.98 Å². The van der Waals surface area contributed by atoms with Crippen LogP contribution in [-0.4, -0.2) is 42.6 Å². The van der Waals surface area contributed by atoms with Gasteiger partial charge in [-0.15, -0.1) is 0 Å². The summed E-state index contributed by atoms with van der Waals surface area (Å²) in [5.41, 5.74) is 1.14. The van der Waals surface area contributed by atoms with Crippen molar-refractivity contribution in [1.29, 1.82) is 0 Å². The van der Waals surface area contributed by atoms with Gasteiger partial charge in [0.05, 0.1) is 18.7 Å². The van der Waals surface area contributed by atoms with Crippen molar-refractivity contribution in [1.82, 2.24) is 15.2 Å². The zero-order chi connectivity index (χ0) is 25.7. The molecule has 0 saturated carbocycles. The van der Waals surface area contributed by atoms with Crippen LogP contribution in [0.2, 0.25) is 0 Å². The molecule has 2 heterocycles. The first kappa shape index (κ1) is 25.7. The molecule has 3 atom stereocenters. The molecular weight excluding hydrogens is 471 g/mol. The maximum Gasteiger partial charge on any atom is 0.417 e. The molecule has 1 N–H and O–H groups in total. The van der Waals surface area contributed by atoms with Crippen LogP contribution < -0.4 is 10.1 Å². The average Bonchev–Trinajstić information content (AvgIpc) is 3.32. The molecule has 3 aromatic rings. The van der Waals surface area contributed by atoms with Crippen LogP contribution in [0.5, 0.6) is 5.88 Å². The lowest BCUT2D eigenvalue weighted by Gasteiger charge is -2.32. The molecule has 1 amide bonds. The van der Waals surface area contributed by atoms with Gasteiger partial charge in [0, 0.05) is 38.0 Å². The van der Waals surface area contributed by atoms with Gasteiger partial charge in [-0.3, -0.25) is 4.79 Å². The first-order valence-electron chi connectivity index (χ1n) is 11.6. The lowest BCUT2D eigenvalue weighted by atomic mass is 9.99. The average molecular weight is 500 g/mol. The molecule has 1 saturated heterocycles. The molecule has 0 aliphatic carbocycles. The van der Waals surface area contributed by atoms with E-state index in [1.165, 1.54) is 14.2 Å². The summed E-state index contributed by atoms with van der Waals surface area (Å²) in [5, 5.41) is 3.36. The summed E-state index contributed by atoms with van der Waals surface area (Å²) < 4.78 is 50.6. The van der Waals surface area contributed by atoms with Crippen molar-refractivity contribution in [2.75, 3.05) is 20.8 Å². The molecule has 190 valence electrons. The number of hydrogen-bond donors (Lipinski definition) is 1. The molecule has 1 aromatic heterocycles. The smallest absolute Gasteiger partial charge is 0.417 e. The number of hydrogen-bond acceptors (Lipinski definition) is 5. The maximum atomic E-state index is 13.7. The van der Waals surface area contributed by atoms with E-state index >= 15 is 0 Å². The van der Waals surface area contributed by atoms with Crippen LogP contribution in [-0.2, 0) is 22.3 Å². The van der Waals surface area contributed by atoms with E-state index in [-0.39, 0.29) is 30.4 Å². The fourth-order valence-corrected chi connectivity index (χ4v) is 4.68. The molecule has 2 unspecified atom stereocenters. The topological polar surface area (TPSA) is 63.7 Å². The molecule has 0 radical (unpaired) electrons. The van der Waals surface area contributed by atoms with Crippen molar-refractivity contribution in [3.8, 4) is 5.88 Å². The second-order valence-corrected chi connectivity index (χ2v) is 8.58. The van der Waals surface area contributed by atoms with Gasteiger partial charge >= 0.3 is 6.18 Å². The summed E-state index contributed by atoms with van der Waals surface area (Å²) in [6, 6.07) is 19.4. The number of likely N-dealkylation sites (tertiary alicyclic amines) is 1. The highest BCUT2D eigenvalue weighted by Crippen LogP contribution is 2.36. The fourth-order valence-electron chi connectivity index (χ4n) is 4.68. The highest BCUT2D eigenvalue weighted by atomic mass is 19.4. The van der Waals surface area contributed by atoms with Crippen LogP contribution in [0.1, 0.15) is 40.8 Å². The van der Waals surface area contributed by atoms with Gasteiger partial charge in [-0.05, 0) is 23.6 Å². The number of ether oxygens (including phenoxy) is 2. The Morgan fingerprint density at radius 3 is 2.39 bits per heavy atom. The van der Waals surface area contributed by atoms with E-state index in [4.69, 9.17) is 9.47 Å². The lowest BCUT2D eigenvalue weighted by molar-refractivity contribution is -0.143. The van der Waals surface area contributed by atoms with Gasteiger partial charge in [0.15, 0.2) is 6.10 Å². The highest BCUT2D eigenvalue weighted by molar-refractivity contribution is 5.83. The standard InChI is InChI=1S/C27H28F3N3O3/c1-35-24(19-11-7-4-8-12-19)26(34)33-14-13-22(23(33)18-9-5-3-6-10-18)31-16-20-15-21(27(28,29)30)17-32-25(20)36-2/h3-12,15,17,22-24,31H,13-14,16H2,1-2H3/t22?,23?,24-/m1/s1. The third kappa shape index (κ3) is 5.52. The van der Waals surface area contributed by atoms with Crippen molar-refractivity contribution in [2.24, 2.45) is 0 Å². The van der Waals surface area contributed by atoms with Gasteiger partial charge in [0.25, 0.3) is 5.91 Å². The molecule has 6 nitrogen and oxygen atoms in total. The van der Waals surface area contributed by atoms with Crippen LogP contribution in [0.25, 0.3) is 0 Å². The monoisotopic (exact) mass is 499 g/mol. The lowest BCUT2D eigenvalue weighted by Crippen LogP contribution is -2.40. The largest absolute Gasteiger partial charge is 0.481 e. The van der Waals surface area contributed by atoms with Gasteiger partial charge in [0.2, 0.25) is 5.88 Å². The van der Waals surface area contributed by atoms with E-state index in [0.717, 1.165) is 23.4 Å². The van der Waals surface area contributed by atoms with Gasteiger partial charge < -0.3 is 19.7 Å². The van der Waals surface area contributed by atoms with Crippen LogP contribution in [0.3, 0.4) is 0 Å². The summed E-state index contributed by atoms with van der Waals surface area (Å²) >= 11 is 0. The molecule has 1 aliphatic rings. The van der Waals surface area contributed by atoms with Crippen LogP contribution in [0, 0.1) is 0 Å². The number of amides is 1. The number of benzene rings is 2. The predicted octanol–water partition coefficient (Wildman–Crippen LogP) is 4.93. The Hall–Kier alpha value is -3.43. The Balaban J connectivity index is 1.60. The summed E-state index contributed by atoms with van der Waals surface area (Å²) in [5.74, 6) is -0.0404. The third-order valence-electron chi connectivity index (χ3n) is 6.39. The predicted molar refractivity (Wildman–Crippen MR) is 128 cm³/mol. The molecule has 36 heavy (non-hydrogen) atoms. The molecule has 9 heteroatoms. The van der Waals surface area contributed by atoms with Gasteiger partial charge in [-0.2, -0.15) is 13.2 Å². The number of nitrogens with one attached hydrogen (secondary N) is 1. The van der Waals surface area contributed by atoms with Crippen molar-refractivity contribution in [3.05, 3.63) is 95.2 Å². The number of rotatable bonds is 8. The Morgan fingerprint density at radius 1 is 1.11 bits per heavy atom. The van der Waals surface area contributed by atoms with Crippen molar-refractivity contribution in [2.45, 2.75) is 37.3 Å². The minimum atomic E-state index is -4.51. The van der Waals surface area contributed by atoms with E-state index in [1.54, 1.807) is 4.90 Å². The normalized spacial score (nSPS) is 18.8. The van der Waals surface area contributed by atoms with E-state index in [0.29, 0.717) is 18.5 Å². The summed E-state index contributed by atoms with van der Waals surface area (Å²) in [7, 11) is 2.88. The van der Waals surface area contributed by atoms with Crippen molar-refractivity contribution < 1.29 is 27.4 Å². The number of aromatic nitrogens is 1. The number of carbonyl (C=O) groups is 1. The van der Waals surface area contributed by atoms with Crippen molar-refractivity contribution >= 4 is 5.91 Å². The quantitative estimate of drug-likeness (QED) is 0.476. The number of alkyl halides is 3. The minimum Gasteiger partial charge on any atom is -0.481 e. The zero-order valence-corrected chi connectivity index (χ0v) is 20.0. The van der Waals surface area contributed by atoms with Gasteiger partial charge in [-0.1, -0.05) is 60.7 Å². The fraction of sp³-hybridized carbons (Fsp3) is 0.333. The molecular formula is C27H28F3N3O3. The number of methoxy groups -OCH3 is 2. The van der Waals surface area contributed by atoms with Crippen LogP contribution in [0.4, 0.5) is 13.2 Å². The number of pyridine rings is 1. The van der Waals surface area contributed by atoms with E-state index in [1.807, 2.05) is 60.7 Å². The Kier molecular flexibility index (Phi) is 7.91. The molecule has 1 fully saturated rings. The highest BCUT2D eigenvalue weighted by Gasteiger charge is 2.41. The van der Waals surface area contributed by atoms with Gasteiger partial charge in [0.1, 0.15) is 0 Å². The molecule has 2 aromatic carbocycles. The van der Waals surface area contributed by atoms with Crippen molar-refractivity contribution in [3.63, 3.8) is 0 Å². The molecule has 1 aliphatic heterocycles. The second-order valence-electron chi connectivity index (χ2n) is 8.58. The minimum absolute atomic E-state index is 0.0997. The third-order valence-corrected chi connectivity index (χ3v) is 6.39. The maximum absolute atomic E-state index is 13.7. The van der Waals surface area contributed by atoms with E-state index in [9.17, 15) is 18.0 Å². The first-order chi connectivity index (χ1) is 17.3. The zero-order valence-electron chi connectivity index (χ0n) is 20.0. The molecule has 4 rings (SSSR count). The van der Waals surface area contributed by atoms with Crippen LogP contribution >= 0.6 is 0 Å². The Labute approximate surface area is 208 Å². The SMILES string of the molecule is COc1ncc(C(F)(F)F)cc1CNC1CCN(C(=O)[C@H](OC)c2ccccc2)C1c1ccccc1.